The molecule has 1 nitrogen and oxygen atoms in total. The lowest BCUT2D eigenvalue weighted by Gasteiger charge is -2.40. The van der Waals surface area contributed by atoms with Crippen molar-refractivity contribution < 1.29 is 5.11 Å². The lowest BCUT2D eigenvalue weighted by atomic mass is 9.70. The first-order valence-corrected chi connectivity index (χ1v) is 7.57. The van der Waals surface area contributed by atoms with Crippen LogP contribution in [0.15, 0.2) is 15.9 Å². The van der Waals surface area contributed by atoms with E-state index in [0.29, 0.717) is 5.92 Å². The Morgan fingerprint density at radius 3 is 2.81 bits per heavy atom. The molecule has 3 unspecified atom stereocenters. The van der Waals surface area contributed by atoms with E-state index in [2.05, 4.69) is 41.9 Å². The SMILES string of the molecule is CC1CCC(O)(Cc2ccc(Br)s2)C(C)C1. The average molecular weight is 303 g/mol. The van der Waals surface area contributed by atoms with E-state index in [1.54, 1.807) is 11.3 Å². The monoisotopic (exact) mass is 302 g/mol. The lowest BCUT2D eigenvalue weighted by molar-refractivity contribution is -0.0516. The number of aliphatic hydroxyl groups is 1. The number of thiophene rings is 1. The molecule has 0 amide bonds. The molecule has 0 aliphatic heterocycles. The van der Waals surface area contributed by atoms with Crippen LogP contribution in [0.2, 0.25) is 0 Å². The van der Waals surface area contributed by atoms with Gasteiger partial charge in [0.15, 0.2) is 0 Å². The maximum Gasteiger partial charge on any atom is 0.0721 e. The van der Waals surface area contributed by atoms with Gasteiger partial charge in [-0.15, -0.1) is 11.3 Å². The van der Waals surface area contributed by atoms with Crippen molar-refractivity contribution in [3.05, 3.63) is 20.8 Å². The quantitative estimate of drug-likeness (QED) is 0.866. The van der Waals surface area contributed by atoms with E-state index in [1.165, 1.54) is 4.88 Å². The fourth-order valence-corrected chi connectivity index (χ4v) is 4.30. The van der Waals surface area contributed by atoms with Crippen LogP contribution in [0.1, 0.15) is 38.0 Å². The predicted octanol–water partition coefficient (Wildman–Crippen LogP) is 4.24. The van der Waals surface area contributed by atoms with Crippen molar-refractivity contribution in [1.29, 1.82) is 0 Å². The van der Waals surface area contributed by atoms with Crippen molar-refractivity contribution in [1.82, 2.24) is 0 Å². The molecule has 0 spiro atoms. The zero-order valence-corrected chi connectivity index (χ0v) is 12.3. The number of hydrogen-bond acceptors (Lipinski definition) is 2. The molecule has 1 heterocycles. The van der Waals surface area contributed by atoms with E-state index >= 15 is 0 Å². The summed E-state index contributed by atoms with van der Waals surface area (Å²) in [5.74, 6) is 1.18. The van der Waals surface area contributed by atoms with Crippen LogP contribution in [0.25, 0.3) is 0 Å². The summed E-state index contributed by atoms with van der Waals surface area (Å²) in [5.41, 5.74) is -0.475. The van der Waals surface area contributed by atoms with E-state index < -0.39 is 5.60 Å². The van der Waals surface area contributed by atoms with Crippen LogP contribution < -0.4 is 0 Å². The fraction of sp³-hybridized carbons (Fsp3) is 0.692. The Morgan fingerprint density at radius 1 is 1.50 bits per heavy atom. The minimum atomic E-state index is -0.475. The highest BCUT2D eigenvalue weighted by molar-refractivity contribution is 9.11. The van der Waals surface area contributed by atoms with Crippen molar-refractivity contribution in [3.8, 4) is 0 Å². The van der Waals surface area contributed by atoms with Crippen LogP contribution in [-0.4, -0.2) is 10.7 Å². The second kappa shape index (κ2) is 4.79. The molecule has 1 fully saturated rings. The highest BCUT2D eigenvalue weighted by atomic mass is 79.9. The summed E-state index contributed by atoms with van der Waals surface area (Å²) in [6.45, 7) is 4.48. The van der Waals surface area contributed by atoms with Crippen LogP contribution in [0.5, 0.6) is 0 Å². The minimum Gasteiger partial charge on any atom is -0.389 e. The van der Waals surface area contributed by atoms with Gasteiger partial charge in [0, 0.05) is 11.3 Å². The Balaban J connectivity index is 2.07. The largest absolute Gasteiger partial charge is 0.389 e. The topological polar surface area (TPSA) is 20.2 Å². The van der Waals surface area contributed by atoms with Crippen molar-refractivity contribution in [2.45, 2.75) is 45.1 Å². The molecule has 0 saturated heterocycles. The molecule has 16 heavy (non-hydrogen) atoms. The number of halogens is 1. The van der Waals surface area contributed by atoms with Crippen LogP contribution >= 0.6 is 27.3 Å². The Hall–Kier alpha value is 0.140. The molecule has 1 N–H and O–H groups in total. The molecule has 1 aliphatic carbocycles. The summed E-state index contributed by atoms with van der Waals surface area (Å²) < 4.78 is 1.16. The first kappa shape index (κ1) is 12.6. The Labute approximate surface area is 110 Å². The summed E-state index contributed by atoms with van der Waals surface area (Å²) in [5, 5.41) is 10.7. The van der Waals surface area contributed by atoms with Gasteiger partial charge in [-0.25, -0.2) is 0 Å². The van der Waals surface area contributed by atoms with Crippen molar-refractivity contribution >= 4 is 27.3 Å². The van der Waals surface area contributed by atoms with Gasteiger partial charge >= 0.3 is 0 Å². The van der Waals surface area contributed by atoms with E-state index in [-0.39, 0.29) is 0 Å². The molecule has 1 saturated carbocycles. The third kappa shape index (κ3) is 2.69. The second-order valence-electron chi connectivity index (χ2n) is 5.27. The molecule has 90 valence electrons. The standard InChI is InChI=1S/C13H19BrOS/c1-9-5-6-13(15,10(2)7-9)8-11-3-4-12(14)16-11/h3-4,9-10,15H,5-8H2,1-2H3. The molecule has 1 aliphatic rings. The summed E-state index contributed by atoms with van der Waals surface area (Å²) >= 11 is 5.22. The summed E-state index contributed by atoms with van der Waals surface area (Å²) in [6, 6.07) is 4.19. The van der Waals surface area contributed by atoms with Crippen molar-refractivity contribution in [2.75, 3.05) is 0 Å². The van der Waals surface area contributed by atoms with Gasteiger partial charge in [-0.2, -0.15) is 0 Å². The third-order valence-electron chi connectivity index (χ3n) is 3.85. The van der Waals surface area contributed by atoms with Crippen molar-refractivity contribution in [3.63, 3.8) is 0 Å². The lowest BCUT2D eigenvalue weighted by Crippen LogP contribution is -2.42. The van der Waals surface area contributed by atoms with Crippen LogP contribution in [0.3, 0.4) is 0 Å². The molecule has 3 heteroatoms. The maximum atomic E-state index is 10.7. The van der Waals surface area contributed by atoms with E-state index in [4.69, 9.17) is 0 Å². The van der Waals surface area contributed by atoms with E-state index in [1.807, 2.05) is 0 Å². The predicted molar refractivity (Wildman–Crippen MR) is 72.9 cm³/mol. The molecular formula is C13H19BrOS. The Kier molecular flexibility index (Phi) is 3.77. The van der Waals surface area contributed by atoms with Gasteiger partial charge in [0.25, 0.3) is 0 Å². The Morgan fingerprint density at radius 2 is 2.25 bits per heavy atom. The molecule has 1 aromatic heterocycles. The van der Waals surface area contributed by atoms with E-state index in [0.717, 1.165) is 35.4 Å². The first-order valence-electron chi connectivity index (χ1n) is 5.96. The average Bonchev–Trinajstić information content (AvgIpc) is 2.59. The van der Waals surface area contributed by atoms with Gasteiger partial charge in [-0.3, -0.25) is 0 Å². The normalized spacial score (nSPS) is 35.2. The number of rotatable bonds is 2. The second-order valence-corrected chi connectivity index (χ2v) is 7.81. The highest BCUT2D eigenvalue weighted by Crippen LogP contribution is 2.40. The van der Waals surface area contributed by atoms with Crippen LogP contribution in [-0.2, 0) is 6.42 Å². The van der Waals surface area contributed by atoms with Gasteiger partial charge < -0.3 is 5.11 Å². The maximum absolute atomic E-state index is 10.7. The van der Waals surface area contributed by atoms with Gasteiger partial charge in [0.05, 0.1) is 9.39 Å². The minimum absolute atomic E-state index is 0.414. The molecule has 0 radical (unpaired) electrons. The van der Waals surface area contributed by atoms with Gasteiger partial charge in [0.2, 0.25) is 0 Å². The van der Waals surface area contributed by atoms with Gasteiger partial charge in [0.1, 0.15) is 0 Å². The first-order chi connectivity index (χ1) is 7.49. The van der Waals surface area contributed by atoms with Crippen molar-refractivity contribution in [2.24, 2.45) is 11.8 Å². The zero-order valence-electron chi connectivity index (χ0n) is 9.87. The van der Waals surface area contributed by atoms with Crippen LogP contribution in [0.4, 0.5) is 0 Å². The molecule has 2 rings (SSSR count). The zero-order chi connectivity index (χ0) is 11.8. The third-order valence-corrected chi connectivity index (χ3v) is 5.48. The summed E-state index contributed by atoms with van der Waals surface area (Å²) in [4.78, 5) is 1.29. The summed E-state index contributed by atoms with van der Waals surface area (Å²) in [6.07, 6.45) is 4.08. The smallest absolute Gasteiger partial charge is 0.0721 e. The van der Waals surface area contributed by atoms with Crippen LogP contribution in [0, 0.1) is 11.8 Å². The van der Waals surface area contributed by atoms with Gasteiger partial charge in [-0.05, 0) is 59.2 Å². The molecule has 0 bridgehead atoms. The Bertz CT molecular complexity index is 363. The molecular weight excluding hydrogens is 284 g/mol. The summed E-state index contributed by atoms with van der Waals surface area (Å²) in [7, 11) is 0. The molecule has 3 atom stereocenters. The highest BCUT2D eigenvalue weighted by Gasteiger charge is 2.38. The number of hydrogen-bond donors (Lipinski definition) is 1. The molecule has 1 aromatic rings. The fourth-order valence-electron chi connectivity index (χ4n) is 2.69. The molecule has 0 aromatic carbocycles. The van der Waals surface area contributed by atoms with E-state index in [9.17, 15) is 5.11 Å². The van der Waals surface area contributed by atoms with Gasteiger partial charge in [-0.1, -0.05) is 13.8 Å².